The van der Waals surface area contributed by atoms with Crippen LogP contribution in [-0.2, 0) is 22.2 Å². The van der Waals surface area contributed by atoms with Gasteiger partial charge in [0.2, 0.25) is 5.91 Å². The van der Waals surface area contributed by atoms with E-state index in [1.165, 1.54) is 0 Å². The van der Waals surface area contributed by atoms with Gasteiger partial charge in [-0.2, -0.15) is 13.2 Å². The third-order valence-electron chi connectivity index (χ3n) is 5.16. The second-order valence-corrected chi connectivity index (χ2v) is 8.63. The number of nitrogens with two attached hydrogens (primary N) is 1. The first-order valence-electron chi connectivity index (χ1n) is 11.0. The average Bonchev–Trinajstić information content (AvgIpc) is 2.74. The Balaban J connectivity index is 2.25. The Bertz CT molecular complexity index is 1130. The normalized spacial score (nSPS) is 12.8. The summed E-state index contributed by atoms with van der Waals surface area (Å²) in [6.45, 7) is 3.90. The topological polar surface area (TPSA) is 84.7 Å². The zero-order valence-corrected chi connectivity index (χ0v) is 20.2. The minimum absolute atomic E-state index is 0.0305. The number of ketones is 1. The maximum absolute atomic E-state index is 13.2. The van der Waals surface area contributed by atoms with E-state index in [9.17, 15) is 35.9 Å². The second-order valence-electron chi connectivity index (χ2n) is 8.63. The molecule has 3 N–H and O–H groups in total. The molecular weight excluding hydrogens is 504 g/mol. The molecule has 0 aliphatic carbocycles. The summed E-state index contributed by atoms with van der Waals surface area (Å²) in [5, 5.41) is 2.60. The highest BCUT2D eigenvalue weighted by molar-refractivity contribution is 5.91. The first-order chi connectivity index (χ1) is 17.0. The molecule has 12 heteroatoms. The van der Waals surface area contributed by atoms with Crippen LogP contribution in [0.4, 0.5) is 32.0 Å². The van der Waals surface area contributed by atoms with E-state index in [0.717, 1.165) is 6.07 Å². The quantitative estimate of drug-likeness (QED) is 0.320. The van der Waals surface area contributed by atoms with Crippen molar-refractivity contribution < 1.29 is 40.7 Å². The van der Waals surface area contributed by atoms with Crippen LogP contribution in [0, 0.1) is 0 Å². The van der Waals surface area contributed by atoms with Crippen LogP contribution in [0.5, 0.6) is 5.75 Å². The fraction of sp³-hybridized carbons (Fsp3) is 0.360. The molecule has 6 nitrogen and oxygen atoms in total. The van der Waals surface area contributed by atoms with E-state index < -0.39 is 41.6 Å². The first-order valence-corrected chi connectivity index (χ1v) is 11.0. The molecule has 0 bridgehead atoms. The summed E-state index contributed by atoms with van der Waals surface area (Å²) >= 11 is 0. The number of halogens is 6. The van der Waals surface area contributed by atoms with Crippen LogP contribution in [0.3, 0.4) is 0 Å². The van der Waals surface area contributed by atoms with Crippen LogP contribution in [0.2, 0.25) is 0 Å². The lowest BCUT2D eigenvalue weighted by Crippen LogP contribution is -2.44. The molecule has 0 spiro atoms. The van der Waals surface area contributed by atoms with Gasteiger partial charge >= 0.3 is 12.5 Å². The lowest BCUT2D eigenvalue weighted by Gasteiger charge is -2.21. The molecule has 0 aliphatic rings. The Hall–Kier alpha value is -3.54. The van der Waals surface area contributed by atoms with Crippen molar-refractivity contribution in [3.05, 3.63) is 65.7 Å². The van der Waals surface area contributed by atoms with Gasteiger partial charge in [0.05, 0.1) is 18.2 Å². The first kappa shape index (κ1) is 29.7. The van der Waals surface area contributed by atoms with Crippen molar-refractivity contribution in [3.63, 3.8) is 0 Å². The van der Waals surface area contributed by atoms with E-state index >= 15 is 0 Å². The van der Waals surface area contributed by atoms with E-state index in [1.54, 1.807) is 43.3 Å². The molecule has 1 atom stereocenters. The molecule has 1 amide bonds. The Morgan fingerprint density at radius 3 is 2.30 bits per heavy atom. The maximum atomic E-state index is 13.2. The van der Waals surface area contributed by atoms with Crippen LogP contribution >= 0.6 is 0 Å². The smallest absolute Gasteiger partial charge is 0.406 e. The Kier molecular flexibility index (Phi) is 9.73. The number of carbonyl (C=O) groups is 2. The zero-order chi connectivity index (χ0) is 28.0. The number of aryl methyl sites for hydroxylation is 1. The molecule has 0 aromatic heterocycles. The Labute approximate surface area is 210 Å². The highest BCUT2D eigenvalue weighted by Gasteiger charge is 2.35. The van der Waals surface area contributed by atoms with Gasteiger partial charge in [0.15, 0.2) is 5.78 Å². The second kappa shape index (κ2) is 12.1. The van der Waals surface area contributed by atoms with E-state index in [-0.39, 0.29) is 37.4 Å². The molecule has 2 aromatic rings. The number of likely N-dealkylation sites (N-methyl/N-ethyl adjacent to an activating group) is 1. The number of ether oxygens (including phenoxy) is 1. The molecular formula is C25H27F6N3O3. The van der Waals surface area contributed by atoms with Crippen LogP contribution < -0.4 is 15.8 Å². The molecule has 0 saturated carbocycles. The van der Waals surface area contributed by atoms with Crippen LogP contribution in [0.15, 0.2) is 49.0 Å². The summed E-state index contributed by atoms with van der Waals surface area (Å²) in [6, 6.07) is 7.33. The molecule has 0 fully saturated rings. The fourth-order valence-corrected chi connectivity index (χ4v) is 3.55. The standard InChI is InChI=1S/C25H27F6N3O3/c1-15(19-6-4-5-7-20(19)32)10-21(33-23(36)14-34(2)3)22(35)9-8-16-11-17(24(26,27)28)13-18(12-16)37-25(29,30)31/h4-7,11-13,21H,1,8-10,14,32H2,2-3H3,(H,33,36). The summed E-state index contributed by atoms with van der Waals surface area (Å²) in [6.07, 6.45) is -10.8. The van der Waals surface area contributed by atoms with Crippen molar-refractivity contribution in [2.24, 2.45) is 0 Å². The van der Waals surface area contributed by atoms with Crippen molar-refractivity contribution in [3.8, 4) is 5.75 Å². The monoisotopic (exact) mass is 531 g/mol. The number of hydrogen-bond donors (Lipinski definition) is 2. The third kappa shape index (κ3) is 9.79. The van der Waals surface area contributed by atoms with E-state index in [4.69, 9.17) is 5.73 Å². The molecule has 202 valence electrons. The number of hydrogen-bond acceptors (Lipinski definition) is 5. The predicted molar refractivity (Wildman–Crippen MR) is 126 cm³/mol. The number of alkyl halides is 6. The van der Waals surface area contributed by atoms with Gasteiger partial charge in [-0.25, -0.2) is 0 Å². The van der Waals surface area contributed by atoms with Gasteiger partial charge < -0.3 is 20.7 Å². The van der Waals surface area contributed by atoms with Crippen molar-refractivity contribution >= 4 is 23.0 Å². The van der Waals surface area contributed by atoms with Gasteiger partial charge in [-0.15, -0.1) is 13.2 Å². The largest absolute Gasteiger partial charge is 0.573 e. The number of nitrogen functional groups attached to an aromatic ring is 1. The number of nitrogens with zero attached hydrogens (tertiary/aromatic N) is 1. The number of rotatable bonds is 11. The fourth-order valence-electron chi connectivity index (χ4n) is 3.55. The summed E-state index contributed by atoms with van der Waals surface area (Å²) in [5.41, 5.74) is 5.84. The summed E-state index contributed by atoms with van der Waals surface area (Å²) in [5.74, 6) is -2.07. The number of benzene rings is 2. The highest BCUT2D eigenvalue weighted by Crippen LogP contribution is 2.35. The van der Waals surface area contributed by atoms with Gasteiger partial charge in [0.1, 0.15) is 5.75 Å². The minimum Gasteiger partial charge on any atom is -0.406 e. The molecule has 2 aromatic carbocycles. The Morgan fingerprint density at radius 2 is 1.73 bits per heavy atom. The predicted octanol–water partition coefficient (Wildman–Crippen LogP) is 4.84. The number of anilines is 1. The van der Waals surface area contributed by atoms with Gasteiger partial charge in [-0.3, -0.25) is 9.59 Å². The molecule has 0 heterocycles. The van der Waals surface area contributed by atoms with Crippen LogP contribution in [0.1, 0.15) is 29.5 Å². The lowest BCUT2D eigenvalue weighted by atomic mass is 9.94. The number of carbonyl (C=O) groups excluding carboxylic acids is 2. The summed E-state index contributed by atoms with van der Waals surface area (Å²) < 4.78 is 81.1. The molecule has 0 saturated heterocycles. The number of nitrogens with one attached hydrogen (secondary N) is 1. The van der Waals surface area contributed by atoms with E-state index in [2.05, 4.69) is 16.6 Å². The lowest BCUT2D eigenvalue weighted by molar-refractivity contribution is -0.274. The number of para-hydroxylation sites is 1. The SMILES string of the molecule is C=C(CC(NC(=O)CN(C)C)C(=O)CCc1cc(OC(F)(F)F)cc(C(F)(F)F)c1)c1ccccc1N. The van der Waals surface area contributed by atoms with Gasteiger partial charge in [-0.1, -0.05) is 24.8 Å². The van der Waals surface area contributed by atoms with Crippen molar-refractivity contribution in [2.75, 3.05) is 26.4 Å². The van der Waals surface area contributed by atoms with Crippen molar-refractivity contribution in [1.82, 2.24) is 10.2 Å². The van der Waals surface area contributed by atoms with Crippen molar-refractivity contribution in [2.45, 2.75) is 37.8 Å². The minimum atomic E-state index is -5.20. The molecule has 37 heavy (non-hydrogen) atoms. The third-order valence-corrected chi connectivity index (χ3v) is 5.16. The number of amides is 1. The molecule has 0 radical (unpaired) electrons. The summed E-state index contributed by atoms with van der Waals surface area (Å²) in [7, 11) is 3.29. The number of Topliss-reactive ketones (excluding diaryl/α,β-unsaturated/α-hetero) is 1. The average molecular weight is 531 g/mol. The van der Waals surface area contributed by atoms with E-state index in [0.29, 0.717) is 22.9 Å². The molecule has 2 rings (SSSR count). The van der Waals surface area contributed by atoms with Crippen LogP contribution in [0.25, 0.3) is 5.57 Å². The van der Waals surface area contributed by atoms with Crippen molar-refractivity contribution in [1.29, 1.82) is 0 Å². The maximum Gasteiger partial charge on any atom is 0.573 e. The van der Waals surface area contributed by atoms with Crippen LogP contribution in [-0.4, -0.2) is 49.6 Å². The summed E-state index contributed by atoms with van der Waals surface area (Å²) in [4.78, 5) is 27.0. The van der Waals surface area contributed by atoms with E-state index in [1.807, 2.05) is 0 Å². The van der Waals surface area contributed by atoms with Gasteiger partial charge in [0.25, 0.3) is 0 Å². The highest BCUT2D eigenvalue weighted by atomic mass is 19.4. The molecule has 0 aliphatic heterocycles. The molecule has 1 unspecified atom stereocenters. The van der Waals surface area contributed by atoms with Gasteiger partial charge in [0, 0.05) is 17.7 Å². The Morgan fingerprint density at radius 1 is 1.08 bits per heavy atom. The zero-order valence-electron chi connectivity index (χ0n) is 20.2. The van der Waals surface area contributed by atoms with Gasteiger partial charge in [-0.05, 0) is 62.3 Å².